The normalized spacial score (nSPS) is 10.7. The first-order valence-electron chi connectivity index (χ1n) is 6.24. The smallest absolute Gasteiger partial charge is 0.343 e. The van der Waals surface area contributed by atoms with Crippen LogP contribution in [0.4, 0.5) is 0 Å². The van der Waals surface area contributed by atoms with E-state index >= 15 is 0 Å². The number of carboxylic acid groups (broad SMARTS) is 1. The van der Waals surface area contributed by atoms with Gasteiger partial charge in [-0.2, -0.15) is 0 Å². The predicted molar refractivity (Wildman–Crippen MR) is 78.1 cm³/mol. The number of carboxylic acids is 1. The van der Waals surface area contributed by atoms with E-state index in [0.29, 0.717) is 11.3 Å². The average Bonchev–Trinajstić information content (AvgIpc) is 2.50. The van der Waals surface area contributed by atoms with Crippen molar-refractivity contribution in [3.63, 3.8) is 0 Å². The maximum Gasteiger partial charge on any atom is 0.343 e. The van der Waals surface area contributed by atoms with Crippen LogP contribution in [0.2, 0.25) is 0 Å². The number of carbonyl (C=O) groups excluding carboxylic acids is 1. The summed E-state index contributed by atoms with van der Waals surface area (Å²) in [4.78, 5) is 21.9. The van der Waals surface area contributed by atoms with Gasteiger partial charge >= 0.3 is 11.9 Å². The molecule has 0 aliphatic rings. The zero-order valence-corrected chi connectivity index (χ0v) is 11.4. The summed E-state index contributed by atoms with van der Waals surface area (Å²) >= 11 is 0. The second-order valence-corrected chi connectivity index (χ2v) is 4.23. The lowest BCUT2D eigenvalue weighted by molar-refractivity contribution is -0.143. The van der Waals surface area contributed by atoms with Gasteiger partial charge in [-0.1, -0.05) is 30.3 Å². The van der Waals surface area contributed by atoms with Crippen molar-refractivity contribution in [2.45, 2.75) is 0 Å². The van der Waals surface area contributed by atoms with Gasteiger partial charge in [0.2, 0.25) is 0 Å². The molecule has 1 N–H and O–H groups in total. The van der Waals surface area contributed by atoms with Crippen molar-refractivity contribution in [3.05, 3.63) is 48.0 Å². The number of ether oxygens (including phenoxy) is 2. The molecule has 0 spiro atoms. The van der Waals surface area contributed by atoms with Crippen LogP contribution in [0.5, 0.6) is 5.75 Å². The summed E-state index contributed by atoms with van der Waals surface area (Å²) in [5, 5.41) is 10.6. The van der Waals surface area contributed by atoms with Gasteiger partial charge in [-0.05, 0) is 22.9 Å². The lowest BCUT2D eigenvalue weighted by atomic mass is 10.0. The highest BCUT2D eigenvalue weighted by Gasteiger charge is 2.09. The van der Waals surface area contributed by atoms with Crippen LogP contribution in [0, 0.1) is 0 Å². The molecule has 0 saturated carbocycles. The Kier molecular flexibility index (Phi) is 4.56. The molecule has 0 aromatic heterocycles. The molecule has 0 amide bonds. The highest BCUT2D eigenvalue weighted by molar-refractivity contribution is 5.96. The Morgan fingerprint density at radius 2 is 1.95 bits per heavy atom. The molecule has 2 aromatic rings. The van der Waals surface area contributed by atoms with E-state index in [1.807, 2.05) is 30.3 Å². The van der Waals surface area contributed by atoms with E-state index in [2.05, 4.69) is 4.74 Å². The van der Waals surface area contributed by atoms with Crippen molar-refractivity contribution < 1.29 is 24.2 Å². The third kappa shape index (κ3) is 3.60. The topological polar surface area (TPSA) is 72.8 Å². The SMILES string of the molecule is COC(=O)COc1ccc2ccccc2c1/C=C/C(=O)O. The molecular formula is C16H14O5. The molecule has 0 fully saturated rings. The summed E-state index contributed by atoms with van der Waals surface area (Å²) < 4.78 is 9.93. The van der Waals surface area contributed by atoms with Crippen LogP contribution in [0.25, 0.3) is 16.8 Å². The number of esters is 1. The molecule has 0 saturated heterocycles. The van der Waals surface area contributed by atoms with Gasteiger partial charge in [0, 0.05) is 11.6 Å². The number of hydrogen-bond donors (Lipinski definition) is 1. The summed E-state index contributed by atoms with van der Waals surface area (Å²) in [6, 6.07) is 11.1. The third-order valence-corrected chi connectivity index (χ3v) is 2.90. The van der Waals surface area contributed by atoms with E-state index in [9.17, 15) is 9.59 Å². The van der Waals surface area contributed by atoms with E-state index in [4.69, 9.17) is 9.84 Å². The Balaban J connectivity index is 2.45. The van der Waals surface area contributed by atoms with Gasteiger partial charge in [-0.15, -0.1) is 0 Å². The zero-order chi connectivity index (χ0) is 15.2. The minimum Gasteiger partial charge on any atom is -0.481 e. The van der Waals surface area contributed by atoms with Gasteiger partial charge in [-0.25, -0.2) is 9.59 Å². The Morgan fingerprint density at radius 3 is 2.67 bits per heavy atom. The van der Waals surface area contributed by atoms with E-state index < -0.39 is 11.9 Å². The van der Waals surface area contributed by atoms with Gasteiger partial charge in [0.1, 0.15) is 5.75 Å². The van der Waals surface area contributed by atoms with E-state index in [0.717, 1.165) is 16.8 Å². The van der Waals surface area contributed by atoms with Crippen LogP contribution in [0.3, 0.4) is 0 Å². The quantitative estimate of drug-likeness (QED) is 0.675. The standard InChI is InChI=1S/C16H14O5/c1-20-16(19)10-21-14-8-6-11-4-2-3-5-12(11)13(14)7-9-15(17)18/h2-9H,10H2,1H3,(H,17,18)/b9-7+. The predicted octanol–water partition coefficient (Wildman–Crippen LogP) is 2.49. The Hall–Kier alpha value is -2.82. The molecule has 0 aliphatic heterocycles. The summed E-state index contributed by atoms with van der Waals surface area (Å²) in [5.41, 5.74) is 0.611. The van der Waals surface area contributed by atoms with Crippen LogP contribution >= 0.6 is 0 Å². The molecule has 108 valence electrons. The fourth-order valence-corrected chi connectivity index (χ4v) is 1.92. The minimum absolute atomic E-state index is 0.233. The van der Waals surface area contributed by atoms with E-state index in [1.54, 1.807) is 6.07 Å². The maximum absolute atomic E-state index is 11.2. The number of hydrogen-bond acceptors (Lipinski definition) is 4. The third-order valence-electron chi connectivity index (χ3n) is 2.90. The highest BCUT2D eigenvalue weighted by Crippen LogP contribution is 2.29. The van der Waals surface area contributed by atoms with Gasteiger partial charge in [0.15, 0.2) is 6.61 Å². The zero-order valence-electron chi connectivity index (χ0n) is 11.4. The molecule has 2 aromatic carbocycles. The molecule has 2 rings (SSSR count). The van der Waals surface area contributed by atoms with Crippen molar-refractivity contribution >= 4 is 28.8 Å². The van der Waals surface area contributed by atoms with Crippen molar-refractivity contribution in [2.24, 2.45) is 0 Å². The Labute approximate surface area is 121 Å². The monoisotopic (exact) mass is 286 g/mol. The van der Waals surface area contributed by atoms with E-state index in [1.165, 1.54) is 13.2 Å². The van der Waals surface area contributed by atoms with Crippen molar-refractivity contribution in [1.29, 1.82) is 0 Å². The lowest BCUT2D eigenvalue weighted by Gasteiger charge is -2.11. The number of methoxy groups -OCH3 is 1. The largest absolute Gasteiger partial charge is 0.481 e. The molecule has 0 aliphatic carbocycles. The number of benzene rings is 2. The number of fused-ring (bicyclic) bond motifs is 1. The van der Waals surface area contributed by atoms with Crippen LogP contribution in [0.15, 0.2) is 42.5 Å². The van der Waals surface area contributed by atoms with Gasteiger partial charge in [-0.3, -0.25) is 0 Å². The van der Waals surface area contributed by atoms with Crippen LogP contribution in [-0.2, 0) is 14.3 Å². The summed E-state index contributed by atoms with van der Waals surface area (Å²) in [7, 11) is 1.28. The van der Waals surface area contributed by atoms with Crippen molar-refractivity contribution in [3.8, 4) is 5.75 Å². The molecule has 0 atom stereocenters. The number of carbonyl (C=O) groups is 2. The maximum atomic E-state index is 11.2. The van der Waals surface area contributed by atoms with Crippen LogP contribution in [-0.4, -0.2) is 30.8 Å². The van der Waals surface area contributed by atoms with Crippen LogP contribution in [0.1, 0.15) is 5.56 Å². The summed E-state index contributed by atoms with van der Waals surface area (Å²) in [6.07, 6.45) is 2.49. The lowest BCUT2D eigenvalue weighted by Crippen LogP contribution is -2.13. The van der Waals surface area contributed by atoms with Gasteiger partial charge in [0.25, 0.3) is 0 Å². The molecule has 0 radical (unpaired) electrons. The molecular weight excluding hydrogens is 272 g/mol. The fraction of sp³-hybridized carbons (Fsp3) is 0.125. The van der Waals surface area contributed by atoms with Crippen LogP contribution < -0.4 is 4.74 Å². The van der Waals surface area contributed by atoms with Crippen molar-refractivity contribution in [1.82, 2.24) is 0 Å². The fourth-order valence-electron chi connectivity index (χ4n) is 1.92. The van der Waals surface area contributed by atoms with Gasteiger partial charge < -0.3 is 14.6 Å². The Bertz CT molecular complexity index is 703. The molecule has 21 heavy (non-hydrogen) atoms. The van der Waals surface area contributed by atoms with E-state index in [-0.39, 0.29) is 6.61 Å². The second kappa shape index (κ2) is 6.56. The second-order valence-electron chi connectivity index (χ2n) is 4.23. The summed E-state index contributed by atoms with van der Waals surface area (Å²) in [6.45, 7) is -0.233. The molecule has 0 unspecified atom stereocenters. The molecule has 0 bridgehead atoms. The first kappa shape index (κ1) is 14.6. The molecule has 0 heterocycles. The average molecular weight is 286 g/mol. The Morgan fingerprint density at radius 1 is 1.19 bits per heavy atom. The molecule has 5 heteroatoms. The first-order chi connectivity index (χ1) is 10.1. The molecule has 5 nitrogen and oxygen atoms in total. The van der Waals surface area contributed by atoms with Crippen molar-refractivity contribution in [2.75, 3.05) is 13.7 Å². The number of rotatable bonds is 5. The highest BCUT2D eigenvalue weighted by atomic mass is 16.6. The summed E-state index contributed by atoms with van der Waals surface area (Å²) in [5.74, 6) is -1.13. The van der Waals surface area contributed by atoms with Gasteiger partial charge in [0.05, 0.1) is 7.11 Å². The minimum atomic E-state index is -1.05. The number of aliphatic carboxylic acids is 1. The first-order valence-corrected chi connectivity index (χ1v) is 6.24.